The SMILES string of the molecule is CN1CCN(c2noc(-c3sccc3N)n2)CC1. The first-order valence-electron chi connectivity index (χ1n) is 5.84. The number of thiophene rings is 1. The Hall–Kier alpha value is -1.60. The molecule has 7 heteroatoms. The minimum Gasteiger partial charge on any atom is -0.397 e. The Morgan fingerprint density at radius 1 is 1.33 bits per heavy atom. The number of piperazine rings is 1. The van der Waals surface area contributed by atoms with Gasteiger partial charge in [-0.2, -0.15) is 4.98 Å². The van der Waals surface area contributed by atoms with Gasteiger partial charge >= 0.3 is 0 Å². The first kappa shape index (κ1) is 11.5. The summed E-state index contributed by atoms with van der Waals surface area (Å²) >= 11 is 1.52. The molecule has 1 saturated heterocycles. The van der Waals surface area contributed by atoms with Gasteiger partial charge in [0.1, 0.15) is 4.88 Å². The van der Waals surface area contributed by atoms with Crippen LogP contribution < -0.4 is 10.6 Å². The van der Waals surface area contributed by atoms with Crippen molar-refractivity contribution in [2.45, 2.75) is 0 Å². The first-order valence-corrected chi connectivity index (χ1v) is 6.72. The van der Waals surface area contributed by atoms with Crippen LogP contribution in [0.2, 0.25) is 0 Å². The average Bonchev–Trinajstić information content (AvgIpc) is 2.98. The zero-order valence-electron chi connectivity index (χ0n) is 10.2. The summed E-state index contributed by atoms with van der Waals surface area (Å²) in [7, 11) is 2.12. The minimum atomic E-state index is 0.511. The predicted octanol–water partition coefficient (Wildman–Crippen LogP) is 1.13. The highest BCUT2D eigenvalue weighted by molar-refractivity contribution is 7.14. The lowest BCUT2D eigenvalue weighted by Crippen LogP contribution is -2.44. The molecular formula is C11H15N5OS. The minimum absolute atomic E-state index is 0.511. The van der Waals surface area contributed by atoms with Gasteiger partial charge < -0.3 is 20.1 Å². The third-order valence-electron chi connectivity index (χ3n) is 3.09. The van der Waals surface area contributed by atoms with Crippen molar-refractivity contribution in [1.29, 1.82) is 0 Å². The third-order valence-corrected chi connectivity index (χ3v) is 4.01. The van der Waals surface area contributed by atoms with Crippen LogP contribution in [0.25, 0.3) is 10.8 Å². The monoisotopic (exact) mass is 265 g/mol. The number of hydrogen-bond donors (Lipinski definition) is 1. The van der Waals surface area contributed by atoms with E-state index in [1.54, 1.807) is 0 Å². The Morgan fingerprint density at radius 3 is 2.78 bits per heavy atom. The fraction of sp³-hybridized carbons (Fsp3) is 0.455. The van der Waals surface area contributed by atoms with E-state index < -0.39 is 0 Å². The third kappa shape index (κ3) is 2.06. The van der Waals surface area contributed by atoms with Gasteiger partial charge in [-0.25, -0.2) is 0 Å². The number of hydrogen-bond acceptors (Lipinski definition) is 7. The van der Waals surface area contributed by atoms with Crippen molar-refractivity contribution < 1.29 is 4.52 Å². The van der Waals surface area contributed by atoms with Crippen LogP contribution in [-0.4, -0.2) is 48.3 Å². The molecule has 0 spiro atoms. The van der Waals surface area contributed by atoms with Crippen molar-refractivity contribution in [3.8, 4) is 10.8 Å². The van der Waals surface area contributed by atoms with Crippen LogP contribution in [0.4, 0.5) is 11.6 Å². The summed E-state index contributed by atoms with van der Waals surface area (Å²) in [4.78, 5) is 9.69. The molecule has 6 nitrogen and oxygen atoms in total. The van der Waals surface area contributed by atoms with Gasteiger partial charge in [-0.05, 0) is 23.7 Å². The van der Waals surface area contributed by atoms with E-state index in [2.05, 4.69) is 27.0 Å². The van der Waals surface area contributed by atoms with Gasteiger partial charge in [0.15, 0.2) is 0 Å². The normalized spacial score (nSPS) is 17.3. The molecular weight excluding hydrogens is 250 g/mol. The summed E-state index contributed by atoms with van der Waals surface area (Å²) in [5, 5.41) is 5.96. The molecule has 0 aliphatic carbocycles. The molecule has 3 heterocycles. The predicted molar refractivity (Wildman–Crippen MR) is 71.7 cm³/mol. The van der Waals surface area contributed by atoms with E-state index in [-0.39, 0.29) is 0 Å². The number of anilines is 2. The second-order valence-electron chi connectivity index (χ2n) is 4.39. The highest BCUT2D eigenvalue weighted by atomic mass is 32.1. The highest BCUT2D eigenvalue weighted by Crippen LogP contribution is 2.31. The summed E-state index contributed by atoms with van der Waals surface area (Å²) < 4.78 is 5.28. The Labute approximate surface area is 109 Å². The van der Waals surface area contributed by atoms with Gasteiger partial charge in [0.05, 0.1) is 5.69 Å². The number of nitrogen functional groups attached to an aromatic ring is 1. The van der Waals surface area contributed by atoms with Crippen molar-refractivity contribution in [3.63, 3.8) is 0 Å². The smallest absolute Gasteiger partial charge is 0.271 e. The maximum atomic E-state index is 5.84. The van der Waals surface area contributed by atoms with Gasteiger partial charge in [0, 0.05) is 26.2 Å². The second kappa shape index (κ2) is 4.58. The van der Waals surface area contributed by atoms with Crippen LogP contribution in [0.15, 0.2) is 16.0 Å². The molecule has 2 aromatic heterocycles. The maximum Gasteiger partial charge on any atom is 0.271 e. The van der Waals surface area contributed by atoms with Gasteiger partial charge in [0.25, 0.3) is 11.8 Å². The van der Waals surface area contributed by atoms with Crippen molar-refractivity contribution in [1.82, 2.24) is 15.0 Å². The lowest BCUT2D eigenvalue weighted by Gasteiger charge is -2.31. The number of likely N-dealkylation sites (N-methyl/N-ethyl adjacent to an activating group) is 1. The number of nitrogens with zero attached hydrogens (tertiary/aromatic N) is 4. The summed E-state index contributed by atoms with van der Waals surface area (Å²) in [6.07, 6.45) is 0. The van der Waals surface area contributed by atoms with Gasteiger partial charge in [0.2, 0.25) is 0 Å². The van der Waals surface area contributed by atoms with E-state index in [0.29, 0.717) is 17.5 Å². The van der Waals surface area contributed by atoms with Crippen molar-refractivity contribution >= 4 is 23.0 Å². The molecule has 0 amide bonds. The quantitative estimate of drug-likeness (QED) is 0.877. The van der Waals surface area contributed by atoms with E-state index >= 15 is 0 Å². The van der Waals surface area contributed by atoms with Gasteiger partial charge in [-0.15, -0.1) is 11.3 Å². The molecule has 0 atom stereocenters. The highest BCUT2D eigenvalue weighted by Gasteiger charge is 2.20. The summed E-state index contributed by atoms with van der Waals surface area (Å²) in [5.41, 5.74) is 6.53. The molecule has 0 aromatic carbocycles. The molecule has 2 N–H and O–H groups in total. The Kier molecular flexibility index (Phi) is 2.92. The Bertz CT molecular complexity index is 529. The van der Waals surface area contributed by atoms with Crippen LogP contribution in [0.5, 0.6) is 0 Å². The number of aromatic nitrogens is 2. The summed E-state index contributed by atoms with van der Waals surface area (Å²) in [6.45, 7) is 3.89. The fourth-order valence-corrected chi connectivity index (χ4v) is 2.67. The molecule has 0 saturated carbocycles. The molecule has 1 aliphatic rings. The van der Waals surface area contributed by atoms with E-state index in [9.17, 15) is 0 Å². The van der Waals surface area contributed by atoms with E-state index in [1.165, 1.54) is 11.3 Å². The number of rotatable bonds is 2. The molecule has 3 rings (SSSR count). The lowest BCUT2D eigenvalue weighted by atomic mass is 10.3. The van der Waals surface area contributed by atoms with E-state index in [0.717, 1.165) is 31.1 Å². The molecule has 96 valence electrons. The van der Waals surface area contributed by atoms with Gasteiger partial charge in [-0.1, -0.05) is 0 Å². The first-order chi connectivity index (χ1) is 8.74. The van der Waals surface area contributed by atoms with E-state index in [4.69, 9.17) is 10.3 Å². The Balaban J connectivity index is 1.80. The van der Waals surface area contributed by atoms with Crippen LogP contribution in [0.1, 0.15) is 0 Å². The summed E-state index contributed by atoms with van der Waals surface area (Å²) in [5.74, 6) is 1.17. The van der Waals surface area contributed by atoms with E-state index in [1.807, 2.05) is 11.4 Å². The van der Waals surface area contributed by atoms with Crippen molar-refractivity contribution in [3.05, 3.63) is 11.4 Å². The fourth-order valence-electron chi connectivity index (χ4n) is 1.94. The van der Waals surface area contributed by atoms with Crippen LogP contribution in [0, 0.1) is 0 Å². The maximum absolute atomic E-state index is 5.84. The van der Waals surface area contributed by atoms with Crippen LogP contribution >= 0.6 is 11.3 Å². The lowest BCUT2D eigenvalue weighted by molar-refractivity contribution is 0.309. The number of nitrogens with two attached hydrogens (primary N) is 1. The molecule has 1 aliphatic heterocycles. The van der Waals surface area contributed by atoms with Gasteiger partial charge in [-0.3, -0.25) is 0 Å². The molecule has 0 radical (unpaired) electrons. The molecule has 18 heavy (non-hydrogen) atoms. The van der Waals surface area contributed by atoms with Crippen LogP contribution in [0.3, 0.4) is 0 Å². The zero-order chi connectivity index (χ0) is 12.5. The summed E-state index contributed by atoms with van der Waals surface area (Å²) in [6, 6.07) is 1.85. The average molecular weight is 265 g/mol. The molecule has 0 unspecified atom stereocenters. The standard InChI is InChI=1S/C11H15N5OS/c1-15-3-5-16(6-4-15)11-13-10(17-14-11)9-8(12)2-7-18-9/h2,7H,3-6,12H2,1H3. The molecule has 2 aromatic rings. The zero-order valence-corrected chi connectivity index (χ0v) is 11.0. The Morgan fingerprint density at radius 2 is 2.11 bits per heavy atom. The topological polar surface area (TPSA) is 71.4 Å². The second-order valence-corrected chi connectivity index (χ2v) is 5.31. The molecule has 0 bridgehead atoms. The van der Waals surface area contributed by atoms with Crippen molar-refractivity contribution in [2.24, 2.45) is 0 Å². The van der Waals surface area contributed by atoms with Crippen LogP contribution in [-0.2, 0) is 0 Å². The molecule has 1 fully saturated rings. The van der Waals surface area contributed by atoms with Crippen molar-refractivity contribution in [2.75, 3.05) is 43.9 Å². The largest absolute Gasteiger partial charge is 0.397 e.